The number of nitrogens with zero attached hydrogens (tertiary/aromatic N) is 4. The Morgan fingerprint density at radius 2 is 2.18 bits per heavy atom. The number of aryl methyl sites for hydroxylation is 3. The Labute approximate surface area is 170 Å². The SMILES string of the molecule is Cn1cc(C(O)CNc2nc(-c3ccsc3)nc3sc4c(c23)CCCC4)cn1. The van der Waals surface area contributed by atoms with Crippen LogP contribution in [0.5, 0.6) is 0 Å². The Balaban J connectivity index is 1.54. The maximum absolute atomic E-state index is 10.6. The minimum Gasteiger partial charge on any atom is -0.386 e. The Hall–Kier alpha value is -2.29. The molecule has 2 N–H and O–H groups in total. The first kappa shape index (κ1) is 17.8. The zero-order valence-corrected chi connectivity index (χ0v) is 17.2. The van der Waals surface area contributed by atoms with E-state index in [1.807, 2.05) is 24.7 Å². The highest BCUT2D eigenvalue weighted by Crippen LogP contribution is 2.39. The maximum Gasteiger partial charge on any atom is 0.163 e. The van der Waals surface area contributed by atoms with Crippen molar-refractivity contribution in [2.24, 2.45) is 7.05 Å². The molecule has 0 fully saturated rings. The summed E-state index contributed by atoms with van der Waals surface area (Å²) in [6.07, 6.45) is 7.56. The van der Waals surface area contributed by atoms with Crippen LogP contribution in [0.15, 0.2) is 29.2 Å². The second-order valence-electron chi connectivity index (χ2n) is 7.14. The molecule has 0 amide bonds. The first-order chi connectivity index (χ1) is 13.7. The third kappa shape index (κ3) is 3.21. The first-order valence-corrected chi connectivity index (χ1v) is 11.2. The van der Waals surface area contributed by atoms with Gasteiger partial charge in [0.05, 0.1) is 17.7 Å². The highest BCUT2D eigenvalue weighted by atomic mass is 32.1. The van der Waals surface area contributed by atoms with Crippen molar-refractivity contribution >= 4 is 38.7 Å². The summed E-state index contributed by atoms with van der Waals surface area (Å²) in [6.45, 7) is 0.380. The van der Waals surface area contributed by atoms with Crippen molar-refractivity contribution in [1.29, 1.82) is 0 Å². The van der Waals surface area contributed by atoms with Gasteiger partial charge in [0.15, 0.2) is 5.82 Å². The predicted octanol–water partition coefficient (Wildman–Crippen LogP) is 4.18. The molecule has 4 aromatic rings. The van der Waals surface area contributed by atoms with Crippen LogP contribution in [-0.4, -0.2) is 31.4 Å². The molecule has 144 valence electrons. The van der Waals surface area contributed by atoms with Gasteiger partial charge < -0.3 is 10.4 Å². The molecule has 4 heterocycles. The van der Waals surface area contributed by atoms with Crippen LogP contribution in [0.1, 0.15) is 34.9 Å². The van der Waals surface area contributed by atoms with E-state index in [0.717, 1.165) is 45.8 Å². The number of anilines is 1. The molecule has 1 aliphatic rings. The molecule has 0 spiro atoms. The predicted molar refractivity (Wildman–Crippen MR) is 114 cm³/mol. The Morgan fingerprint density at radius 1 is 1.29 bits per heavy atom. The van der Waals surface area contributed by atoms with Crippen LogP contribution >= 0.6 is 22.7 Å². The lowest BCUT2D eigenvalue weighted by Crippen LogP contribution is -2.13. The summed E-state index contributed by atoms with van der Waals surface area (Å²) in [5, 5.41) is 23.4. The lowest BCUT2D eigenvalue weighted by molar-refractivity contribution is 0.191. The van der Waals surface area contributed by atoms with Gasteiger partial charge in [0.25, 0.3) is 0 Å². The van der Waals surface area contributed by atoms with E-state index in [1.54, 1.807) is 33.6 Å². The quantitative estimate of drug-likeness (QED) is 0.515. The third-order valence-corrected chi connectivity index (χ3v) is 7.04. The van der Waals surface area contributed by atoms with E-state index in [-0.39, 0.29) is 0 Å². The van der Waals surface area contributed by atoms with Crippen molar-refractivity contribution in [3.8, 4) is 11.4 Å². The Morgan fingerprint density at radius 3 is 2.96 bits per heavy atom. The standard InChI is InChI=1S/C20H21N5OS2/c1-25-10-13(8-22-25)15(26)9-21-19-17-14-4-2-3-5-16(14)28-20(17)24-18(23-19)12-6-7-27-11-12/h6-8,10-11,15,26H,2-5,9H2,1H3,(H,21,23,24). The monoisotopic (exact) mass is 411 g/mol. The van der Waals surface area contributed by atoms with Crippen LogP contribution in [0, 0.1) is 0 Å². The number of fused-ring (bicyclic) bond motifs is 3. The average molecular weight is 412 g/mol. The summed E-state index contributed by atoms with van der Waals surface area (Å²) >= 11 is 3.44. The number of aromatic nitrogens is 4. The Kier molecular flexibility index (Phi) is 4.62. The highest BCUT2D eigenvalue weighted by molar-refractivity contribution is 7.19. The topological polar surface area (TPSA) is 75.9 Å². The van der Waals surface area contributed by atoms with Crippen LogP contribution in [-0.2, 0) is 19.9 Å². The summed E-state index contributed by atoms with van der Waals surface area (Å²) in [5.41, 5.74) is 3.22. The van der Waals surface area contributed by atoms with Crippen molar-refractivity contribution in [1.82, 2.24) is 19.7 Å². The van der Waals surface area contributed by atoms with Gasteiger partial charge in [0.2, 0.25) is 0 Å². The van der Waals surface area contributed by atoms with Crippen LogP contribution in [0.2, 0.25) is 0 Å². The fourth-order valence-electron chi connectivity index (χ4n) is 3.73. The number of aliphatic hydroxyl groups is 1. The Bertz CT molecular complexity index is 1120. The molecule has 5 rings (SSSR count). The van der Waals surface area contributed by atoms with Crippen LogP contribution in [0.25, 0.3) is 21.6 Å². The number of hydrogen-bond donors (Lipinski definition) is 2. The molecule has 1 atom stereocenters. The van der Waals surface area contributed by atoms with Gasteiger partial charge in [-0.2, -0.15) is 16.4 Å². The molecule has 4 aromatic heterocycles. The fraction of sp³-hybridized carbons (Fsp3) is 0.350. The molecule has 0 saturated heterocycles. The molecule has 8 heteroatoms. The maximum atomic E-state index is 10.6. The van der Waals surface area contributed by atoms with Gasteiger partial charge in [-0.15, -0.1) is 11.3 Å². The normalized spacial score (nSPS) is 14.9. The zero-order chi connectivity index (χ0) is 19.1. The molecule has 0 aromatic carbocycles. The molecule has 0 radical (unpaired) electrons. The van der Waals surface area contributed by atoms with Crippen LogP contribution < -0.4 is 5.32 Å². The van der Waals surface area contributed by atoms with Gasteiger partial charge in [-0.3, -0.25) is 4.68 Å². The van der Waals surface area contributed by atoms with E-state index in [9.17, 15) is 5.11 Å². The highest BCUT2D eigenvalue weighted by Gasteiger charge is 2.22. The van der Waals surface area contributed by atoms with E-state index < -0.39 is 6.10 Å². The number of thiophene rings is 2. The smallest absolute Gasteiger partial charge is 0.163 e. The zero-order valence-electron chi connectivity index (χ0n) is 15.6. The largest absolute Gasteiger partial charge is 0.386 e. The van der Waals surface area contributed by atoms with Crippen molar-refractivity contribution in [3.63, 3.8) is 0 Å². The third-order valence-electron chi connectivity index (χ3n) is 5.17. The van der Waals surface area contributed by atoms with Crippen molar-refractivity contribution < 1.29 is 5.11 Å². The van der Waals surface area contributed by atoms with Crippen molar-refractivity contribution in [2.45, 2.75) is 31.8 Å². The van der Waals surface area contributed by atoms with Gasteiger partial charge in [-0.1, -0.05) is 0 Å². The summed E-state index contributed by atoms with van der Waals surface area (Å²) in [6, 6.07) is 2.05. The summed E-state index contributed by atoms with van der Waals surface area (Å²) in [4.78, 5) is 12.2. The second-order valence-corrected chi connectivity index (χ2v) is 9.01. The number of rotatable bonds is 5. The number of nitrogens with one attached hydrogen (secondary N) is 1. The van der Waals surface area contributed by atoms with E-state index in [4.69, 9.17) is 9.97 Å². The average Bonchev–Trinajstić information content (AvgIpc) is 3.44. The van der Waals surface area contributed by atoms with Gasteiger partial charge in [0, 0.05) is 41.2 Å². The lowest BCUT2D eigenvalue weighted by atomic mass is 9.97. The molecule has 0 bridgehead atoms. The van der Waals surface area contributed by atoms with Gasteiger partial charge in [0.1, 0.15) is 10.6 Å². The van der Waals surface area contributed by atoms with Crippen LogP contribution in [0.4, 0.5) is 5.82 Å². The summed E-state index contributed by atoms with van der Waals surface area (Å²) in [5.74, 6) is 1.57. The van der Waals surface area contributed by atoms with Crippen molar-refractivity contribution in [2.75, 3.05) is 11.9 Å². The summed E-state index contributed by atoms with van der Waals surface area (Å²) < 4.78 is 1.70. The van der Waals surface area contributed by atoms with E-state index in [0.29, 0.717) is 6.54 Å². The minimum atomic E-state index is -0.641. The molecular weight excluding hydrogens is 390 g/mol. The lowest BCUT2D eigenvalue weighted by Gasteiger charge is -2.15. The molecule has 0 aliphatic heterocycles. The van der Waals surface area contributed by atoms with Crippen LogP contribution in [0.3, 0.4) is 0 Å². The molecule has 28 heavy (non-hydrogen) atoms. The first-order valence-electron chi connectivity index (χ1n) is 9.44. The number of hydrogen-bond acceptors (Lipinski definition) is 7. The van der Waals surface area contributed by atoms with Crippen molar-refractivity contribution in [3.05, 3.63) is 45.2 Å². The minimum absolute atomic E-state index is 0.380. The second kappa shape index (κ2) is 7.27. The molecule has 1 aliphatic carbocycles. The van der Waals surface area contributed by atoms with Gasteiger partial charge in [-0.05, 0) is 42.7 Å². The molecule has 0 saturated carbocycles. The van der Waals surface area contributed by atoms with E-state index in [1.165, 1.54) is 23.3 Å². The number of aliphatic hydroxyl groups excluding tert-OH is 1. The molecular formula is C20H21N5OS2. The van der Waals surface area contributed by atoms with Gasteiger partial charge in [-0.25, -0.2) is 9.97 Å². The summed E-state index contributed by atoms with van der Waals surface area (Å²) in [7, 11) is 1.85. The van der Waals surface area contributed by atoms with E-state index >= 15 is 0 Å². The molecule has 6 nitrogen and oxygen atoms in total. The fourth-order valence-corrected chi connectivity index (χ4v) is 5.63. The van der Waals surface area contributed by atoms with E-state index in [2.05, 4.69) is 15.8 Å². The van der Waals surface area contributed by atoms with Gasteiger partial charge >= 0.3 is 0 Å². The molecule has 1 unspecified atom stereocenters.